The van der Waals surface area contributed by atoms with E-state index < -0.39 is 0 Å². The maximum Gasteiger partial charge on any atom is 0.184 e. The van der Waals surface area contributed by atoms with Gasteiger partial charge in [0.2, 0.25) is 0 Å². The highest BCUT2D eigenvalue weighted by Crippen LogP contribution is 2.39. The molecule has 3 nitrogen and oxygen atoms in total. The minimum atomic E-state index is -0.281. The number of fused-ring (bicyclic) bond motifs is 1. The van der Waals surface area contributed by atoms with Crippen molar-refractivity contribution in [3.05, 3.63) is 71.3 Å². The van der Waals surface area contributed by atoms with E-state index in [2.05, 4.69) is 18.2 Å². The van der Waals surface area contributed by atoms with Gasteiger partial charge in [-0.2, -0.15) is 0 Å². The van der Waals surface area contributed by atoms with Crippen molar-refractivity contribution < 1.29 is 14.2 Å². The molecular formula is C17H18O3. The molecule has 0 radical (unpaired) electrons. The van der Waals surface area contributed by atoms with Gasteiger partial charge in [0.25, 0.3) is 0 Å². The second-order valence-corrected chi connectivity index (χ2v) is 4.82. The summed E-state index contributed by atoms with van der Waals surface area (Å²) in [6.07, 6.45) is -0.337. The van der Waals surface area contributed by atoms with E-state index in [1.165, 1.54) is 5.56 Å². The van der Waals surface area contributed by atoms with Gasteiger partial charge < -0.3 is 14.2 Å². The second kappa shape index (κ2) is 6.18. The molecule has 1 heterocycles. The van der Waals surface area contributed by atoms with Gasteiger partial charge in [0, 0.05) is 12.7 Å². The molecule has 0 aromatic heterocycles. The Morgan fingerprint density at radius 3 is 2.40 bits per heavy atom. The van der Waals surface area contributed by atoms with Crippen molar-refractivity contribution in [2.75, 3.05) is 13.7 Å². The summed E-state index contributed by atoms with van der Waals surface area (Å²) < 4.78 is 17.0. The Balaban J connectivity index is 1.62. The van der Waals surface area contributed by atoms with Crippen LogP contribution in [0.1, 0.15) is 29.1 Å². The summed E-state index contributed by atoms with van der Waals surface area (Å²) >= 11 is 0. The van der Waals surface area contributed by atoms with Crippen LogP contribution in [0.3, 0.4) is 0 Å². The Hall–Kier alpha value is -1.68. The summed E-state index contributed by atoms with van der Waals surface area (Å²) in [7, 11) is 1.66. The molecule has 2 aromatic carbocycles. The Labute approximate surface area is 119 Å². The first-order valence-corrected chi connectivity index (χ1v) is 6.77. The van der Waals surface area contributed by atoms with Crippen LogP contribution in [-0.4, -0.2) is 13.7 Å². The lowest BCUT2D eigenvalue weighted by Gasteiger charge is -2.13. The predicted octanol–water partition coefficient (Wildman–Crippen LogP) is 3.62. The minimum Gasteiger partial charge on any atom is -0.374 e. The second-order valence-electron chi connectivity index (χ2n) is 4.82. The topological polar surface area (TPSA) is 27.7 Å². The molecule has 0 bridgehead atoms. The van der Waals surface area contributed by atoms with Crippen LogP contribution in [-0.2, 0) is 20.8 Å². The third-order valence-corrected chi connectivity index (χ3v) is 3.48. The third kappa shape index (κ3) is 2.75. The largest absolute Gasteiger partial charge is 0.374 e. The average Bonchev–Trinajstić information content (AvgIpc) is 2.87. The molecule has 2 aromatic rings. The zero-order valence-electron chi connectivity index (χ0n) is 11.5. The van der Waals surface area contributed by atoms with Crippen LogP contribution in [0.25, 0.3) is 0 Å². The van der Waals surface area contributed by atoms with E-state index >= 15 is 0 Å². The standard InChI is InChI=1S/C17H18O3/c1-18-17-15-10-6-5-9-14(15)16(20-17)12-19-11-13-7-3-2-4-8-13/h2-10,16-17H,11-12H2,1H3/t16-,17+/m1/s1. The Morgan fingerprint density at radius 2 is 1.65 bits per heavy atom. The SMILES string of the molecule is CO[C@H]1O[C@H](COCc2ccccc2)c2ccccc21. The quantitative estimate of drug-likeness (QED) is 0.830. The highest BCUT2D eigenvalue weighted by molar-refractivity contribution is 5.33. The average molecular weight is 270 g/mol. The van der Waals surface area contributed by atoms with Gasteiger partial charge in [0.1, 0.15) is 6.10 Å². The number of rotatable bonds is 5. The number of hydrogen-bond donors (Lipinski definition) is 0. The van der Waals surface area contributed by atoms with Crippen LogP contribution < -0.4 is 0 Å². The van der Waals surface area contributed by atoms with Crippen LogP contribution in [0.4, 0.5) is 0 Å². The van der Waals surface area contributed by atoms with Crippen molar-refractivity contribution in [1.29, 1.82) is 0 Å². The Kier molecular flexibility index (Phi) is 4.11. The van der Waals surface area contributed by atoms with Gasteiger partial charge >= 0.3 is 0 Å². The molecular weight excluding hydrogens is 252 g/mol. The molecule has 0 saturated heterocycles. The van der Waals surface area contributed by atoms with Crippen LogP contribution in [0.2, 0.25) is 0 Å². The first-order chi connectivity index (χ1) is 9.88. The van der Waals surface area contributed by atoms with Gasteiger partial charge in [-0.05, 0) is 11.1 Å². The summed E-state index contributed by atoms with van der Waals surface area (Å²) in [6, 6.07) is 18.3. The summed E-state index contributed by atoms with van der Waals surface area (Å²) in [5, 5.41) is 0. The van der Waals surface area contributed by atoms with Gasteiger partial charge in [0.15, 0.2) is 6.29 Å². The monoisotopic (exact) mass is 270 g/mol. The Morgan fingerprint density at radius 1 is 0.950 bits per heavy atom. The van der Waals surface area contributed by atoms with E-state index in [1.807, 2.05) is 36.4 Å². The number of hydrogen-bond acceptors (Lipinski definition) is 3. The molecule has 3 heteroatoms. The summed E-state index contributed by atoms with van der Waals surface area (Å²) in [5.41, 5.74) is 3.43. The molecule has 20 heavy (non-hydrogen) atoms. The number of benzene rings is 2. The molecule has 0 unspecified atom stereocenters. The van der Waals surface area contributed by atoms with Crippen molar-refractivity contribution in [3.8, 4) is 0 Å². The highest BCUT2D eigenvalue weighted by atomic mass is 16.7. The van der Waals surface area contributed by atoms with E-state index in [1.54, 1.807) is 7.11 Å². The summed E-state index contributed by atoms with van der Waals surface area (Å²) in [4.78, 5) is 0. The van der Waals surface area contributed by atoms with Gasteiger partial charge in [-0.25, -0.2) is 0 Å². The fourth-order valence-electron chi connectivity index (χ4n) is 2.48. The zero-order valence-corrected chi connectivity index (χ0v) is 11.5. The van der Waals surface area contributed by atoms with E-state index in [4.69, 9.17) is 14.2 Å². The highest BCUT2D eigenvalue weighted by Gasteiger charge is 2.31. The molecule has 3 rings (SSSR count). The lowest BCUT2D eigenvalue weighted by molar-refractivity contribution is -0.157. The van der Waals surface area contributed by atoms with Crippen LogP contribution in [0.15, 0.2) is 54.6 Å². The van der Waals surface area contributed by atoms with Crippen molar-refractivity contribution in [3.63, 3.8) is 0 Å². The van der Waals surface area contributed by atoms with Crippen molar-refractivity contribution in [2.24, 2.45) is 0 Å². The van der Waals surface area contributed by atoms with Crippen molar-refractivity contribution in [1.82, 2.24) is 0 Å². The first-order valence-electron chi connectivity index (χ1n) is 6.77. The third-order valence-electron chi connectivity index (χ3n) is 3.48. The predicted molar refractivity (Wildman–Crippen MR) is 76.1 cm³/mol. The van der Waals surface area contributed by atoms with Crippen LogP contribution in [0.5, 0.6) is 0 Å². The molecule has 1 aliphatic rings. The lowest BCUT2D eigenvalue weighted by Crippen LogP contribution is -2.08. The van der Waals surface area contributed by atoms with E-state index in [0.717, 1.165) is 11.1 Å². The first kappa shape index (κ1) is 13.3. The molecule has 1 aliphatic heterocycles. The minimum absolute atomic E-state index is 0.0557. The Bertz CT molecular complexity index is 553. The van der Waals surface area contributed by atoms with Gasteiger partial charge in [-0.15, -0.1) is 0 Å². The van der Waals surface area contributed by atoms with E-state index in [0.29, 0.717) is 13.2 Å². The number of ether oxygens (including phenoxy) is 3. The molecule has 0 amide bonds. The molecule has 0 aliphatic carbocycles. The van der Waals surface area contributed by atoms with E-state index in [-0.39, 0.29) is 12.4 Å². The normalized spacial score (nSPS) is 20.9. The van der Waals surface area contributed by atoms with Crippen LogP contribution >= 0.6 is 0 Å². The maximum absolute atomic E-state index is 5.87. The fourth-order valence-corrected chi connectivity index (χ4v) is 2.48. The van der Waals surface area contributed by atoms with E-state index in [9.17, 15) is 0 Å². The van der Waals surface area contributed by atoms with Gasteiger partial charge in [-0.3, -0.25) is 0 Å². The molecule has 0 N–H and O–H groups in total. The number of methoxy groups -OCH3 is 1. The van der Waals surface area contributed by atoms with Crippen LogP contribution in [0, 0.1) is 0 Å². The van der Waals surface area contributed by atoms with Gasteiger partial charge in [-0.1, -0.05) is 54.6 Å². The lowest BCUT2D eigenvalue weighted by atomic mass is 10.1. The maximum atomic E-state index is 5.87. The molecule has 0 saturated carbocycles. The van der Waals surface area contributed by atoms with Crippen molar-refractivity contribution in [2.45, 2.75) is 19.0 Å². The summed E-state index contributed by atoms with van der Waals surface area (Å²) in [6.45, 7) is 1.13. The molecule has 104 valence electrons. The zero-order chi connectivity index (χ0) is 13.8. The molecule has 0 fully saturated rings. The molecule has 0 spiro atoms. The molecule has 2 atom stereocenters. The fraction of sp³-hybridized carbons (Fsp3) is 0.294. The van der Waals surface area contributed by atoms with Gasteiger partial charge in [0.05, 0.1) is 13.2 Å². The smallest absolute Gasteiger partial charge is 0.184 e. The van der Waals surface area contributed by atoms with Crippen molar-refractivity contribution >= 4 is 0 Å². The summed E-state index contributed by atoms with van der Waals surface area (Å²) in [5.74, 6) is 0.